The molecular formula is C20H23N3O2. The van der Waals surface area contributed by atoms with Gasteiger partial charge in [0.2, 0.25) is 5.91 Å². The molecule has 0 bridgehead atoms. The van der Waals surface area contributed by atoms with Crippen molar-refractivity contribution in [3.05, 3.63) is 71.3 Å². The van der Waals surface area contributed by atoms with Crippen molar-refractivity contribution in [2.45, 2.75) is 19.5 Å². The highest BCUT2D eigenvalue weighted by Crippen LogP contribution is 2.17. The summed E-state index contributed by atoms with van der Waals surface area (Å²) in [6.07, 6.45) is 0. The molecule has 1 aliphatic heterocycles. The third-order valence-corrected chi connectivity index (χ3v) is 4.62. The summed E-state index contributed by atoms with van der Waals surface area (Å²) in [6, 6.07) is 17.1. The van der Waals surface area contributed by atoms with Gasteiger partial charge in [0.15, 0.2) is 0 Å². The summed E-state index contributed by atoms with van der Waals surface area (Å²) < 4.78 is 0. The van der Waals surface area contributed by atoms with Crippen molar-refractivity contribution in [3.63, 3.8) is 0 Å². The number of carbonyl (C=O) groups is 2. The summed E-state index contributed by atoms with van der Waals surface area (Å²) in [5.74, 6) is -0.565. The van der Waals surface area contributed by atoms with Crippen LogP contribution in [0, 0.1) is 0 Å². The second kappa shape index (κ2) is 7.49. The number of piperazine rings is 1. The molecule has 2 aromatic carbocycles. The van der Waals surface area contributed by atoms with Crippen molar-refractivity contribution in [3.8, 4) is 0 Å². The van der Waals surface area contributed by atoms with Gasteiger partial charge in [-0.05, 0) is 30.7 Å². The number of rotatable bonds is 4. The van der Waals surface area contributed by atoms with Gasteiger partial charge >= 0.3 is 0 Å². The zero-order valence-corrected chi connectivity index (χ0v) is 14.4. The van der Waals surface area contributed by atoms with Crippen LogP contribution in [-0.4, -0.2) is 47.3 Å². The lowest BCUT2D eigenvalue weighted by atomic mass is 10.1. The van der Waals surface area contributed by atoms with Crippen molar-refractivity contribution >= 4 is 11.8 Å². The molecule has 25 heavy (non-hydrogen) atoms. The summed E-state index contributed by atoms with van der Waals surface area (Å²) in [7, 11) is 0. The van der Waals surface area contributed by atoms with E-state index >= 15 is 0 Å². The van der Waals surface area contributed by atoms with E-state index in [-0.39, 0.29) is 11.9 Å². The van der Waals surface area contributed by atoms with Crippen LogP contribution in [0.2, 0.25) is 0 Å². The number of nitrogens with zero attached hydrogens (tertiary/aromatic N) is 2. The molecule has 5 heteroatoms. The Morgan fingerprint density at radius 1 is 1.04 bits per heavy atom. The smallest absolute Gasteiger partial charge is 0.254 e. The average molecular weight is 337 g/mol. The zero-order chi connectivity index (χ0) is 17.8. The average Bonchev–Trinajstić information content (AvgIpc) is 2.62. The van der Waals surface area contributed by atoms with E-state index in [0.717, 1.165) is 19.6 Å². The van der Waals surface area contributed by atoms with Crippen molar-refractivity contribution < 1.29 is 9.59 Å². The predicted octanol–water partition coefficient (Wildman–Crippen LogP) is 2.13. The van der Waals surface area contributed by atoms with Crippen molar-refractivity contribution in [1.29, 1.82) is 0 Å². The van der Waals surface area contributed by atoms with E-state index in [1.807, 2.05) is 23.1 Å². The van der Waals surface area contributed by atoms with E-state index in [9.17, 15) is 9.59 Å². The molecule has 1 aliphatic rings. The highest BCUT2D eigenvalue weighted by Gasteiger charge is 2.28. The lowest BCUT2D eigenvalue weighted by Gasteiger charge is -2.40. The van der Waals surface area contributed by atoms with Crippen LogP contribution in [-0.2, 0) is 6.54 Å². The van der Waals surface area contributed by atoms with Crippen LogP contribution >= 0.6 is 0 Å². The van der Waals surface area contributed by atoms with Gasteiger partial charge in [-0.3, -0.25) is 14.5 Å². The Kier molecular flexibility index (Phi) is 5.14. The molecule has 5 nitrogen and oxygen atoms in total. The molecule has 0 saturated carbocycles. The molecule has 2 N–H and O–H groups in total. The Balaban J connectivity index is 1.66. The van der Waals surface area contributed by atoms with Gasteiger partial charge in [0.25, 0.3) is 5.91 Å². The van der Waals surface area contributed by atoms with Gasteiger partial charge in [0.1, 0.15) is 0 Å². The van der Waals surface area contributed by atoms with E-state index < -0.39 is 5.91 Å². The van der Waals surface area contributed by atoms with Gasteiger partial charge in [-0.2, -0.15) is 0 Å². The van der Waals surface area contributed by atoms with Crippen molar-refractivity contribution in [2.75, 3.05) is 19.6 Å². The fraction of sp³-hybridized carbons (Fsp3) is 0.300. The fourth-order valence-corrected chi connectivity index (χ4v) is 3.29. The second-order valence-electron chi connectivity index (χ2n) is 6.51. The van der Waals surface area contributed by atoms with Crippen molar-refractivity contribution in [2.24, 2.45) is 5.73 Å². The predicted molar refractivity (Wildman–Crippen MR) is 97.2 cm³/mol. The molecule has 0 spiro atoms. The monoisotopic (exact) mass is 337 g/mol. The van der Waals surface area contributed by atoms with Gasteiger partial charge < -0.3 is 10.6 Å². The SMILES string of the molecule is C[C@@H]1CN(Cc2ccccc2)CCN1C(=O)c1cccc(C(N)=O)c1. The van der Waals surface area contributed by atoms with Crippen LogP contribution in [0.3, 0.4) is 0 Å². The summed E-state index contributed by atoms with van der Waals surface area (Å²) >= 11 is 0. The molecule has 2 aromatic rings. The Labute approximate surface area is 148 Å². The highest BCUT2D eigenvalue weighted by atomic mass is 16.2. The zero-order valence-electron chi connectivity index (χ0n) is 14.4. The largest absolute Gasteiger partial charge is 0.366 e. The summed E-state index contributed by atoms with van der Waals surface area (Å²) in [5.41, 5.74) is 7.47. The number of benzene rings is 2. The Morgan fingerprint density at radius 3 is 2.44 bits per heavy atom. The molecule has 130 valence electrons. The first-order chi connectivity index (χ1) is 12.0. The van der Waals surface area contributed by atoms with Crippen LogP contribution in [0.4, 0.5) is 0 Å². The van der Waals surface area contributed by atoms with E-state index in [2.05, 4.69) is 24.0 Å². The maximum absolute atomic E-state index is 12.8. The lowest BCUT2D eigenvalue weighted by Crippen LogP contribution is -2.53. The lowest BCUT2D eigenvalue weighted by molar-refractivity contribution is 0.0475. The number of primary amides is 1. The van der Waals surface area contributed by atoms with Crippen LogP contribution in [0.15, 0.2) is 54.6 Å². The van der Waals surface area contributed by atoms with Crippen molar-refractivity contribution in [1.82, 2.24) is 9.80 Å². The minimum Gasteiger partial charge on any atom is -0.366 e. The van der Waals surface area contributed by atoms with Gasteiger partial charge in [-0.1, -0.05) is 36.4 Å². The van der Waals surface area contributed by atoms with Crippen LogP contribution in [0.1, 0.15) is 33.2 Å². The minimum atomic E-state index is -0.518. The highest BCUT2D eigenvalue weighted by molar-refractivity contribution is 5.99. The molecule has 0 aromatic heterocycles. The number of nitrogens with two attached hydrogens (primary N) is 1. The first-order valence-corrected chi connectivity index (χ1v) is 8.51. The van der Waals surface area contributed by atoms with Gasteiger partial charge in [0, 0.05) is 43.3 Å². The van der Waals surface area contributed by atoms with Gasteiger partial charge in [-0.25, -0.2) is 0 Å². The first kappa shape index (κ1) is 17.2. The Hall–Kier alpha value is -2.66. The summed E-state index contributed by atoms with van der Waals surface area (Å²) in [5, 5.41) is 0. The number of hydrogen-bond donors (Lipinski definition) is 1. The third-order valence-electron chi connectivity index (χ3n) is 4.62. The van der Waals surface area contributed by atoms with E-state index in [1.54, 1.807) is 24.3 Å². The topological polar surface area (TPSA) is 66.6 Å². The molecule has 1 saturated heterocycles. The number of amides is 2. The number of carbonyl (C=O) groups excluding carboxylic acids is 2. The molecule has 0 radical (unpaired) electrons. The standard InChI is InChI=1S/C20H23N3O2/c1-15-13-22(14-16-6-3-2-4-7-16)10-11-23(15)20(25)18-9-5-8-17(12-18)19(21)24/h2-9,12,15H,10-11,13-14H2,1H3,(H2,21,24)/t15-/m1/s1. The molecule has 1 atom stereocenters. The molecule has 0 aliphatic carbocycles. The molecule has 2 amide bonds. The van der Waals surface area contributed by atoms with Crippen LogP contribution in [0.25, 0.3) is 0 Å². The first-order valence-electron chi connectivity index (χ1n) is 8.51. The van der Waals surface area contributed by atoms with Crippen LogP contribution < -0.4 is 5.73 Å². The molecule has 0 unspecified atom stereocenters. The summed E-state index contributed by atoms with van der Waals surface area (Å²) in [6.45, 7) is 5.29. The second-order valence-corrected chi connectivity index (χ2v) is 6.51. The van der Waals surface area contributed by atoms with E-state index in [1.165, 1.54) is 5.56 Å². The Bertz CT molecular complexity index is 761. The molecule has 1 fully saturated rings. The molecular weight excluding hydrogens is 314 g/mol. The minimum absolute atomic E-state index is 0.0463. The maximum Gasteiger partial charge on any atom is 0.254 e. The number of hydrogen-bond acceptors (Lipinski definition) is 3. The summed E-state index contributed by atoms with van der Waals surface area (Å²) in [4.78, 5) is 28.4. The quantitative estimate of drug-likeness (QED) is 0.929. The van der Waals surface area contributed by atoms with Gasteiger partial charge in [-0.15, -0.1) is 0 Å². The molecule has 3 rings (SSSR count). The van der Waals surface area contributed by atoms with E-state index in [0.29, 0.717) is 17.7 Å². The fourth-order valence-electron chi connectivity index (χ4n) is 3.29. The third kappa shape index (κ3) is 4.06. The Morgan fingerprint density at radius 2 is 1.76 bits per heavy atom. The van der Waals surface area contributed by atoms with Crippen LogP contribution in [0.5, 0.6) is 0 Å². The van der Waals surface area contributed by atoms with Gasteiger partial charge in [0.05, 0.1) is 0 Å². The van der Waals surface area contributed by atoms with E-state index in [4.69, 9.17) is 5.73 Å². The maximum atomic E-state index is 12.8. The molecule has 1 heterocycles. The normalized spacial score (nSPS) is 18.1.